The van der Waals surface area contributed by atoms with Crippen molar-refractivity contribution in [2.75, 3.05) is 26.9 Å². The Balaban J connectivity index is 1.79. The van der Waals surface area contributed by atoms with E-state index in [9.17, 15) is 4.79 Å². The van der Waals surface area contributed by atoms with Crippen LogP contribution in [0.2, 0.25) is 0 Å². The van der Waals surface area contributed by atoms with Crippen LogP contribution in [-0.4, -0.2) is 37.7 Å². The average molecular weight is 275 g/mol. The summed E-state index contributed by atoms with van der Waals surface area (Å²) in [6, 6.07) is 7.96. The Morgan fingerprint density at radius 1 is 1.40 bits per heavy atom. The fraction of sp³-hybridized carbons (Fsp3) is 0.562. The van der Waals surface area contributed by atoms with Gasteiger partial charge in [0.05, 0.1) is 18.6 Å². The minimum Gasteiger partial charge on any atom is -0.491 e. The second-order valence-electron chi connectivity index (χ2n) is 5.75. The number of carbonyl (C=O) groups is 1. The first kappa shape index (κ1) is 13.4. The lowest BCUT2D eigenvalue weighted by molar-refractivity contribution is -0.153. The molecule has 4 nitrogen and oxygen atoms in total. The summed E-state index contributed by atoms with van der Waals surface area (Å²) in [6.07, 6.45) is 3.01. The predicted molar refractivity (Wildman–Crippen MR) is 75.5 cm³/mol. The van der Waals surface area contributed by atoms with Crippen molar-refractivity contribution < 1.29 is 14.3 Å². The fourth-order valence-electron chi connectivity index (χ4n) is 3.13. The number of methoxy groups -OCH3 is 1. The minimum absolute atomic E-state index is 0.228. The summed E-state index contributed by atoms with van der Waals surface area (Å²) in [4.78, 5) is 14.8. The van der Waals surface area contributed by atoms with Gasteiger partial charge >= 0.3 is 0 Å². The standard InChI is InChI=1S/C16H21NO3/c1-19-12-16(7-4-8-16)15(18)17-9-10-20-14-6-3-2-5-13(14)11-17/h2-3,5-6H,4,7-12H2,1H3. The van der Waals surface area contributed by atoms with Crippen molar-refractivity contribution in [1.82, 2.24) is 4.90 Å². The van der Waals surface area contributed by atoms with E-state index in [0.29, 0.717) is 26.3 Å². The molecule has 1 amide bonds. The van der Waals surface area contributed by atoms with Crippen LogP contribution in [0.1, 0.15) is 24.8 Å². The van der Waals surface area contributed by atoms with E-state index in [1.54, 1.807) is 7.11 Å². The highest BCUT2D eigenvalue weighted by atomic mass is 16.5. The normalized spacial score (nSPS) is 20.4. The third-order valence-corrected chi connectivity index (χ3v) is 4.42. The van der Waals surface area contributed by atoms with Crippen molar-refractivity contribution in [3.63, 3.8) is 0 Å². The van der Waals surface area contributed by atoms with Gasteiger partial charge in [-0.05, 0) is 18.9 Å². The average Bonchev–Trinajstić information content (AvgIpc) is 2.64. The number of amides is 1. The molecular weight excluding hydrogens is 254 g/mol. The van der Waals surface area contributed by atoms with Gasteiger partial charge < -0.3 is 14.4 Å². The molecule has 0 bridgehead atoms. The van der Waals surface area contributed by atoms with E-state index in [0.717, 1.165) is 30.6 Å². The van der Waals surface area contributed by atoms with Crippen LogP contribution in [0, 0.1) is 5.41 Å². The lowest BCUT2D eigenvalue weighted by atomic mass is 9.68. The second-order valence-corrected chi connectivity index (χ2v) is 5.75. The maximum Gasteiger partial charge on any atom is 0.231 e. The van der Waals surface area contributed by atoms with E-state index in [2.05, 4.69) is 0 Å². The van der Waals surface area contributed by atoms with Gasteiger partial charge in [0.15, 0.2) is 0 Å². The van der Waals surface area contributed by atoms with Gasteiger partial charge in [-0.15, -0.1) is 0 Å². The van der Waals surface area contributed by atoms with Gasteiger partial charge in [-0.3, -0.25) is 4.79 Å². The highest BCUT2D eigenvalue weighted by molar-refractivity contribution is 5.84. The maximum atomic E-state index is 12.8. The molecule has 1 aromatic carbocycles. The summed E-state index contributed by atoms with van der Waals surface area (Å²) in [5.41, 5.74) is 0.804. The first-order chi connectivity index (χ1) is 9.75. The fourth-order valence-corrected chi connectivity index (χ4v) is 3.13. The van der Waals surface area contributed by atoms with Crippen molar-refractivity contribution in [2.24, 2.45) is 5.41 Å². The van der Waals surface area contributed by atoms with Crippen LogP contribution in [0.5, 0.6) is 5.75 Å². The monoisotopic (exact) mass is 275 g/mol. The molecule has 1 aliphatic carbocycles. The van der Waals surface area contributed by atoms with E-state index in [-0.39, 0.29) is 11.3 Å². The summed E-state index contributed by atoms with van der Waals surface area (Å²) < 4.78 is 11.0. The number of rotatable bonds is 3. The molecule has 0 aromatic heterocycles. The minimum atomic E-state index is -0.284. The summed E-state index contributed by atoms with van der Waals surface area (Å²) in [5.74, 6) is 1.13. The van der Waals surface area contributed by atoms with Crippen LogP contribution in [0.15, 0.2) is 24.3 Å². The van der Waals surface area contributed by atoms with Gasteiger partial charge in [0.1, 0.15) is 12.4 Å². The summed E-state index contributed by atoms with van der Waals surface area (Å²) in [7, 11) is 1.67. The van der Waals surface area contributed by atoms with E-state index >= 15 is 0 Å². The Morgan fingerprint density at radius 3 is 2.90 bits per heavy atom. The molecule has 0 unspecified atom stereocenters. The zero-order chi connectivity index (χ0) is 14.0. The zero-order valence-corrected chi connectivity index (χ0v) is 11.9. The number of nitrogens with zero attached hydrogens (tertiary/aromatic N) is 1. The molecule has 0 saturated heterocycles. The van der Waals surface area contributed by atoms with Crippen LogP contribution in [0.25, 0.3) is 0 Å². The first-order valence-corrected chi connectivity index (χ1v) is 7.24. The van der Waals surface area contributed by atoms with Crippen molar-refractivity contribution in [3.8, 4) is 5.75 Å². The molecule has 108 valence electrons. The highest BCUT2D eigenvalue weighted by Crippen LogP contribution is 2.43. The molecule has 0 spiro atoms. The number of benzene rings is 1. The number of hydrogen-bond donors (Lipinski definition) is 0. The van der Waals surface area contributed by atoms with Gasteiger partial charge in [0.25, 0.3) is 0 Å². The van der Waals surface area contributed by atoms with Gasteiger partial charge in [-0.25, -0.2) is 0 Å². The Bertz CT molecular complexity index is 496. The smallest absolute Gasteiger partial charge is 0.231 e. The van der Waals surface area contributed by atoms with Gasteiger partial charge in [0.2, 0.25) is 5.91 Å². The first-order valence-electron chi connectivity index (χ1n) is 7.24. The van der Waals surface area contributed by atoms with E-state index in [4.69, 9.17) is 9.47 Å². The van der Waals surface area contributed by atoms with Gasteiger partial charge in [0, 0.05) is 19.2 Å². The Hall–Kier alpha value is -1.55. The third-order valence-electron chi connectivity index (χ3n) is 4.42. The van der Waals surface area contributed by atoms with Gasteiger partial charge in [-0.2, -0.15) is 0 Å². The molecule has 1 heterocycles. The molecular formula is C16H21NO3. The highest BCUT2D eigenvalue weighted by Gasteiger charge is 2.46. The zero-order valence-electron chi connectivity index (χ0n) is 11.9. The largest absolute Gasteiger partial charge is 0.491 e. The molecule has 0 atom stereocenters. The van der Waals surface area contributed by atoms with E-state index < -0.39 is 0 Å². The Morgan fingerprint density at radius 2 is 2.20 bits per heavy atom. The van der Waals surface area contributed by atoms with Gasteiger partial charge in [-0.1, -0.05) is 24.6 Å². The van der Waals surface area contributed by atoms with Crippen molar-refractivity contribution in [3.05, 3.63) is 29.8 Å². The van der Waals surface area contributed by atoms with Crippen molar-refractivity contribution in [1.29, 1.82) is 0 Å². The summed E-state index contributed by atoms with van der Waals surface area (Å²) >= 11 is 0. The van der Waals surface area contributed by atoms with Crippen LogP contribution >= 0.6 is 0 Å². The number of hydrogen-bond acceptors (Lipinski definition) is 3. The quantitative estimate of drug-likeness (QED) is 0.849. The molecule has 0 radical (unpaired) electrons. The molecule has 0 N–H and O–H groups in total. The lowest BCUT2D eigenvalue weighted by Gasteiger charge is -2.42. The third kappa shape index (κ3) is 2.29. The second kappa shape index (κ2) is 5.44. The Labute approximate surface area is 119 Å². The number of para-hydroxylation sites is 1. The maximum absolute atomic E-state index is 12.8. The topological polar surface area (TPSA) is 38.8 Å². The molecule has 4 heteroatoms. The SMILES string of the molecule is COCC1(C(=O)N2CCOc3ccccc3C2)CCC1. The molecule has 1 aromatic rings. The molecule has 1 aliphatic heterocycles. The van der Waals surface area contributed by atoms with Crippen LogP contribution in [-0.2, 0) is 16.1 Å². The lowest BCUT2D eigenvalue weighted by Crippen LogP contribution is -2.50. The van der Waals surface area contributed by atoms with Crippen LogP contribution < -0.4 is 4.74 Å². The van der Waals surface area contributed by atoms with Crippen LogP contribution in [0.4, 0.5) is 0 Å². The summed E-state index contributed by atoms with van der Waals surface area (Å²) in [5, 5.41) is 0. The molecule has 1 saturated carbocycles. The summed E-state index contributed by atoms with van der Waals surface area (Å²) in [6.45, 7) is 2.39. The number of ether oxygens (including phenoxy) is 2. The van der Waals surface area contributed by atoms with Crippen molar-refractivity contribution in [2.45, 2.75) is 25.8 Å². The molecule has 2 aliphatic rings. The van der Waals surface area contributed by atoms with E-state index in [1.165, 1.54) is 0 Å². The predicted octanol–water partition coefficient (Wildman–Crippen LogP) is 2.22. The molecule has 20 heavy (non-hydrogen) atoms. The molecule has 3 rings (SSSR count). The number of carbonyl (C=O) groups excluding carboxylic acids is 1. The van der Waals surface area contributed by atoms with Crippen LogP contribution in [0.3, 0.4) is 0 Å². The van der Waals surface area contributed by atoms with E-state index in [1.807, 2.05) is 29.2 Å². The van der Waals surface area contributed by atoms with Crippen molar-refractivity contribution >= 4 is 5.91 Å². The molecule has 1 fully saturated rings. The Kier molecular flexibility index (Phi) is 3.66. The number of fused-ring (bicyclic) bond motifs is 1.